The highest BCUT2D eigenvalue weighted by Crippen LogP contribution is 2.36. The molecule has 0 aliphatic carbocycles. The summed E-state index contributed by atoms with van der Waals surface area (Å²) in [7, 11) is 5.78. The lowest BCUT2D eigenvalue weighted by Crippen LogP contribution is -2.16. The quantitative estimate of drug-likeness (QED) is 0.699. The van der Waals surface area contributed by atoms with Crippen molar-refractivity contribution in [3.63, 3.8) is 0 Å². The van der Waals surface area contributed by atoms with Crippen LogP contribution in [0.1, 0.15) is 22.6 Å². The van der Waals surface area contributed by atoms with Gasteiger partial charge in [-0.2, -0.15) is 5.10 Å². The third kappa shape index (κ3) is 3.17. The molecule has 2 radical (unpaired) electrons. The lowest BCUT2D eigenvalue weighted by atomic mass is 9.95. The van der Waals surface area contributed by atoms with Gasteiger partial charge in [0.1, 0.15) is 7.85 Å². The molecule has 1 atom stereocenters. The molecular weight excluding hydrogens is 331 g/mol. The molecule has 0 bridgehead atoms. The van der Waals surface area contributed by atoms with E-state index in [1.807, 2.05) is 24.3 Å². The van der Waals surface area contributed by atoms with Gasteiger partial charge in [-0.25, -0.2) is 0 Å². The average Bonchev–Trinajstić information content (AvgIpc) is 3.25. The Bertz CT molecular complexity index is 932. The van der Waals surface area contributed by atoms with Crippen LogP contribution in [0.2, 0.25) is 0 Å². The minimum atomic E-state index is -0.544. The van der Waals surface area contributed by atoms with Crippen LogP contribution in [0.25, 0.3) is 20.5 Å². The molecule has 3 heterocycles. The summed E-state index contributed by atoms with van der Waals surface area (Å²) in [6, 6.07) is 9.79. The van der Waals surface area contributed by atoms with Crippen molar-refractivity contribution in [1.29, 1.82) is 0 Å². The Hall–Kier alpha value is -2.25. The van der Waals surface area contributed by atoms with Crippen molar-refractivity contribution in [1.82, 2.24) is 15.5 Å². The molecule has 2 aromatic heterocycles. The van der Waals surface area contributed by atoms with Crippen molar-refractivity contribution >= 4 is 40.6 Å². The first kappa shape index (κ1) is 16.2. The second kappa shape index (κ2) is 6.57. The first-order chi connectivity index (χ1) is 12.1. The molecule has 1 aromatic carbocycles. The molecule has 0 saturated carbocycles. The van der Waals surface area contributed by atoms with E-state index in [2.05, 4.69) is 21.6 Å². The first-order valence-electron chi connectivity index (χ1n) is 8.27. The van der Waals surface area contributed by atoms with E-state index in [0.717, 1.165) is 57.6 Å². The van der Waals surface area contributed by atoms with Gasteiger partial charge >= 0.3 is 0 Å². The van der Waals surface area contributed by atoms with E-state index in [1.54, 1.807) is 0 Å². The van der Waals surface area contributed by atoms with Crippen LogP contribution >= 0.6 is 11.3 Å². The van der Waals surface area contributed by atoms with Gasteiger partial charge in [0, 0.05) is 10.3 Å². The van der Waals surface area contributed by atoms with Crippen molar-refractivity contribution in [2.75, 3.05) is 13.1 Å². The summed E-state index contributed by atoms with van der Waals surface area (Å²) < 4.78 is 0.815. The number of rotatable bonds is 4. The number of hydrogen-bond donors (Lipinski definition) is 2. The van der Waals surface area contributed by atoms with Crippen LogP contribution in [0.5, 0.6) is 0 Å². The number of hydrogen-bond acceptors (Lipinski definition) is 5. The molecule has 1 fully saturated rings. The van der Waals surface area contributed by atoms with Crippen molar-refractivity contribution in [3.8, 4) is 10.4 Å². The minimum absolute atomic E-state index is 0.245. The zero-order chi connectivity index (χ0) is 17.4. The number of nitrogens with zero attached hydrogens (tertiary/aromatic N) is 2. The summed E-state index contributed by atoms with van der Waals surface area (Å²) in [6.45, 7) is 2.04. The number of benzene rings is 1. The molecule has 1 saturated heterocycles. The maximum atomic E-state index is 11.8. The lowest BCUT2D eigenvalue weighted by molar-refractivity contribution is 0.0996. The summed E-state index contributed by atoms with van der Waals surface area (Å²) in [5.41, 5.74) is 8.46. The fourth-order valence-corrected chi connectivity index (χ4v) is 4.43. The number of carbonyl (C=O) groups is 1. The van der Waals surface area contributed by atoms with Gasteiger partial charge in [0.25, 0.3) is 5.91 Å². The molecule has 1 aliphatic rings. The maximum absolute atomic E-state index is 11.8. The molecule has 5 nitrogen and oxygen atoms in total. The van der Waals surface area contributed by atoms with Crippen molar-refractivity contribution in [2.45, 2.75) is 12.8 Å². The Labute approximate surface area is 151 Å². The highest BCUT2D eigenvalue weighted by molar-refractivity contribution is 7.22. The van der Waals surface area contributed by atoms with E-state index in [0.29, 0.717) is 5.92 Å². The Morgan fingerprint density at radius 2 is 2.12 bits per heavy atom. The van der Waals surface area contributed by atoms with Crippen LogP contribution < -0.4 is 16.5 Å². The van der Waals surface area contributed by atoms with Crippen molar-refractivity contribution in [3.05, 3.63) is 41.7 Å². The second-order valence-electron chi connectivity index (χ2n) is 6.40. The van der Waals surface area contributed by atoms with E-state index in [1.165, 1.54) is 11.3 Å². The summed E-state index contributed by atoms with van der Waals surface area (Å²) in [4.78, 5) is 12.8. The van der Waals surface area contributed by atoms with Gasteiger partial charge in [-0.15, -0.1) is 16.4 Å². The third-order valence-electron chi connectivity index (χ3n) is 4.60. The van der Waals surface area contributed by atoms with E-state index in [4.69, 9.17) is 13.6 Å². The normalized spacial score (nSPS) is 17.2. The molecule has 3 aromatic rings. The zero-order valence-corrected chi connectivity index (χ0v) is 14.5. The number of carbonyl (C=O) groups excluding carboxylic acids is 1. The SMILES string of the molecule is [B]c1ccc(-c2cc3c(CC4CCNC4)nnc(C(N)=O)c3s2)cc1. The topological polar surface area (TPSA) is 80.9 Å². The van der Waals surface area contributed by atoms with Gasteiger partial charge in [0.05, 0.1) is 10.4 Å². The van der Waals surface area contributed by atoms with Crippen LogP contribution in [0.3, 0.4) is 0 Å². The molecule has 0 spiro atoms. The van der Waals surface area contributed by atoms with Gasteiger partial charge in [0.2, 0.25) is 0 Å². The number of nitrogens with one attached hydrogen (secondary N) is 1. The summed E-state index contributed by atoms with van der Waals surface area (Å²) in [5.74, 6) is 0.00842. The third-order valence-corrected chi connectivity index (χ3v) is 5.79. The van der Waals surface area contributed by atoms with E-state index < -0.39 is 5.91 Å². The molecule has 1 amide bonds. The smallest absolute Gasteiger partial charge is 0.270 e. The minimum Gasteiger partial charge on any atom is -0.364 e. The highest BCUT2D eigenvalue weighted by atomic mass is 32.1. The summed E-state index contributed by atoms with van der Waals surface area (Å²) in [6.07, 6.45) is 1.99. The van der Waals surface area contributed by atoms with Gasteiger partial charge in [-0.1, -0.05) is 29.7 Å². The Morgan fingerprint density at radius 3 is 2.80 bits per heavy atom. The number of fused-ring (bicyclic) bond motifs is 1. The van der Waals surface area contributed by atoms with Gasteiger partial charge < -0.3 is 11.1 Å². The maximum Gasteiger partial charge on any atom is 0.270 e. The standard InChI is InChI=1S/C18H17BN4OS/c19-12-3-1-11(2-4-12)15-8-13-14(7-10-5-6-21-9-10)22-23-16(18(20)24)17(13)25-15/h1-4,8,10,21H,5-7,9H2,(H2,20,24). The number of primary amides is 1. The zero-order valence-electron chi connectivity index (χ0n) is 13.7. The number of thiophene rings is 1. The Balaban J connectivity index is 1.82. The fourth-order valence-electron chi connectivity index (χ4n) is 3.25. The van der Waals surface area contributed by atoms with Crippen LogP contribution in [0.15, 0.2) is 30.3 Å². The molecule has 3 N–H and O–H groups in total. The molecular formula is C18H17BN4OS. The van der Waals surface area contributed by atoms with Gasteiger partial charge in [-0.05, 0) is 43.5 Å². The highest BCUT2D eigenvalue weighted by Gasteiger charge is 2.21. The van der Waals surface area contributed by atoms with Crippen LogP contribution in [-0.2, 0) is 6.42 Å². The fraction of sp³-hybridized carbons (Fsp3) is 0.278. The Morgan fingerprint density at radius 1 is 1.32 bits per heavy atom. The van der Waals surface area contributed by atoms with Crippen LogP contribution in [0.4, 0.5) is 0 Å². The number of amides is 1. The number of aromatic nitrogens is 2. The van der Waals surface area contributed by atoms with Crippen molar-refractivity contribution in [2.24, 2.45) is 11.7 Å². The lowest BCUT2D eigenvalue weighted by Gasteiger charge is -2.08. The predicted octanol–water partition coefficient (Wildman–Crippen LogP) is 1.40. The van der Waals surface area contributed by atoms with E-state index in [-0.39, 0.29) is 5.69 Å². The van der Waals surface area contributed by atoms with Gasteiger partial charge in [0.15, 0.2) is 5.69 Å². The van der Waals surface area contributed by atoms with E-state index in [9.17, 15) is 4.79 Å². The van der Waals surface area contributed by atoms with E-state index >= 15 is 0 Å². The molecule has 1 unspecified atom stereocenters. The number of nitrogens with two attached hydrogens (primary N) is 1. The summed E-state index contributed by atoms with van der Waals surface area (Å²) >= 11 is 1.52. The molecule has 7 heteroatoms. The Kier molecular flexibility index (Phi) is 4.27. The molecule has 1 aliphatic heterocycles. The molecule has 4 rings (SSSR count). The van der Waals surface area contributed by atoms with Crippen LogP contribution in [0, 0.1) is 5.92 Å². The first-order valence-corrected chi connectivity index (χ1v) is 9.09. The largest absolute Gasteiger partial charge is 0.364 e. The van der Waals surface area contributed by atoms with Crippen LogP contribution in [-0.4, -0.2) is 37.0 Å². The molecule has 124 valence electrons. The second-order valence-corrected chi connectivity index (χ2v) is 7.45. The van der Waals surface area contributed by atoms with Crippen molar-refractivity contribution < 1.29 is 4.79 Å². The molecule has 25 heavy (non-hydrogen) atoms. The van der Waals surface area contributed by atoms with Gasteiger partial charge in [-0.3, -0.25) is 4.79 Å². The average molecular weight is 348 g/mol. The predicted molar refractivity (Wildman–Crippen MR) is 101 cm³/mol. The summed E-state index contributed by atoms with van der Waals surface area (Å²) in [5, 5.41) is 12.8. The monoisotopic (exact) mass is 348 g/mol.